The van der Waals surface area contributed by atoms with Gasteiger partial charge >= 0.3 is 0 Å². The Labute approximate surface area is 197 Å². The van der Waals surface area contributed by atoms with Gasteiger partial charge in [-0.05, 0) is 6.07 Å². The molecule has 0 aromatic carbocycles. The minimum atomic E-state index is -0.537. The Balaban J connectivity index is 1.51. The van der Waals surface area contributed by atoms with E-state index >= 15 is 0 Å². The number of ether oxygens (including phenoxy) is 4. The van der Waals surface area contributed by atoms with Crippen LogP contribution in [0.1, 0.15) is 31.0 Å². The highest BCUT2D eigenvalue weighted by Crippen LogP contribution is 2.44. The zero-order valence-corrected chi connectivity index (χ0v) is 19.4. The molecule has 0 bridgehead atoms. The number of amides is 1. The summed E-state index contributed by atoms with van der Waals surface area (Å²) in [6, 6.07) is 3.94. The van der Waals surface area contributed by atoms with E-state index in [0.29, 0.717) is 45.3 Å². The fourth-order valence-corrected chi connectivity index (χ4v) is 4.92. The topological polar surface area (TPSA) is 96.7 Å². The molecule has 1 amide bonds. The Morgan fingerprint density at radius 1 is 1.29 bits per heavy atom. The van der Waals surface area contributed by atoms with Crippen molar-refractivity contribution >= 4 is 22.6 Å². The minimum absolute atomic E-state index is 0.0468. The summed E-state index contributed by atoms with van der Waals surface area (Å²) in [6.07, 6.45) is 5.79. The Morgan fingerprint density at radius 3 is 2.91 bits per heavy atom. The number of aromatic nitrogens is 3. The van der Waals surface area contributed by atoms with E-state index in [1.807, 2.05) is 36.9 Å². The van der Waals surface area contributed by atoms with Gasteiger partial charge in [-0.15, -0.1) is 0 Å². The quantitative estimate of drug-likeness (QED) is 0.620. The molecule has 6 rings (SSSR count). The lowest BCUT2D eigenvalue weighted by molar-refractivity contribution is -0.115. The summed E-state index contributed by atoms with van der Waals surface area (Å²) < 4.78 is 25.8. The maximum atomic E-state index is 11.9. The molecule has 2 saturated heterocycles. The van der Waals surface area contributed by atoms with Crippen LogP contribution in [0, 0.1) is 0 Å². The molecule has 1 N–H and O–H groups in total. The highest BCUT2D eigenvalue weighted by Gasteiger charge is 2.44. The van der Waals surface area contributed by atoms with E-state index in [-0.39, 0.29) is 12.0 Å². The summed E-state index contributed by atoms with van der Waals surface area (Å²) in [5, 5.41) is 3.82. The first kappa shape index (κ1) is 21.5. The Hall–Kier alpha value is -3.01. The molecule has 0 aliphatic carbocycles. The number of rotatable bonds is 5. The van der Waals surface area contributed by atoms with Gasteiger partial charge in [0.15, 0.2) is 0 Å². The maximum absolute atomic E-state index is 11.9. The number of aryl methyl sites for hydroxylation is 1. The lowest BCUT2D eigenvalue weighted by Crippen LogP contribution is -2.40. The summed E-state index contributed by atoms with van der Waals surface area (Å²) in [7, 11) is 1.98. The van der Waals surface area contributed by atoms with Gasteiger partial charge in [-0.25, -0.2) is 9.97 Å². The molecule has 1 unspecified atom stereocenters. The number of pyridine rings is 2. The average molecular weight is 465 g/mol. The van der Waals surface area contributed by atoms with Gasteiger partial charge in [-0.2, -0.15) is 0 Å². The van der Waals surface area contributed by atoms with Gasteiger partial charge in [0.25, 0.3) is 0 Å². The molecule has 1 spiro atoms. The highest BCUT2D eigenvalue weighted by molar-refractivity contribution is 5.98. The lowest BCUT2D eigenvalue weighted by Gasteiger charge is -2.36. The van der Waals surface area contributed by atoms with E-state index in [1.165, 1.54) is 0 Å². The summed E-state index contributed by atoms with van der Waals surface area (Å²) in [6.45, 7) is 4.77. The molecule has 2 fully saturated rings. The van der Waals surface area contributed by atoms with Crippen molar-refractivity contribution in [1.29, 1.82) is 0 Å². The van der Waals surface area contributed by atoms with Crippen LogP contribution in [0.15, 0.2) is 24.5 Å². The molecule has 9 heteroatoms. The van der Waals surface area contributed by atoms with Crippen LogP contribution >= 0.6 is 0 Å². The number of hydrogen-bond donors (Lipinski definition) is 1. The van der Waals surface area contributed by atoms with Crippen molar-refractivity contribution in [2.75, 3.05) is 38.4 Å². The molecule has 178 valence electrons. The van der Waals surface area contributed by atoms with Gasteiger partial charge in [-0.3, -0.25) is 4.79 Å². The van der Waals surface area contributed by atoms with Crippen molar-refractivity contribution < 1.29 is 23.7 Å². The van der Waals surface area contributed by atoms with Crippen LogP contribution in [0.2, 0.25) is 0 Å². The van der Waals surface area contributed by atoms with Crippen molar-refractivity contribution in [1.82, 2.24) is 14.5 Å². The minimum Gasteiger partial charge on any atom is -0.485 e. The van der Waals surface area contributed by atoms with Crippen molar-refractivity contribution in [3.63, 3.8) is 0 Å². The molecule has 6 heterocycles. The SMILES string of the molecule is CCC(=O)Nc1cc2c(-c3cc(OC4COC4)c4c(n3)C3(CCOC3)OCC4)cn(C)c2cn1. The second kappa shape index (κ2) is 8.33. The first-order valence-electron chi connectivity index (χ1n) is 11.8. The molecule has 1 atom stereocenters. The van der Waals surface area contributed by atoms with E-state index in [1.54, 1.807) is 6.20 Å². The number of anilines is 1. The average Bonchev–Trinajstić information content (AvgIpc) is 3.41. The fraction of sp³-hybridized carbons (Fsp3) is 0.480. The van der Waals surface area contributed by atoms with E-state index in [9.17, 15) is 4.79 Å². The predicted molar refractivity (Wildman–Crippen MR) is 125 cm³/mol. The molecule has 0 radical (unpaired) electrons. The van der Waals surface area contributed by atoms with Crippen LogP contribution in [0.5, 0.6) is 5.75 Å². The molecular weight excluding hydrogens is 436 g/mol. The van der Waals surface area contributed by atoms with Crippen molar-refractivity contribution in [3.05, 3.63) is 35.8 Å². The molecule has 3 aliphatic rings. The molecule has 3 aromatic rings. The molecular formula is C25H28N4O5. The molecule has 3 aliphatic heterocycles. The van der Waals surface area contributed by atoms with Gasteiger partial charge < -0.3 is 28.8 Å². The Kier molecular flexibility index (Phi) is 5.28. The number of fused-ring (bicyclic) bond motifs is 3. The third-order valence-electron chi connectivity index (χ3n) is 6.87. The standard InChI is InChI=1S/C25H28N4O5/c1-3-23(30)28-22-8-17-18(11-29(2)20(17)10-26-22)19-9-21(34-15-12-32-13-15)16-4-6-33-25(24(16)27-19)5-7-31-14-25/h8-11,15H,3-7,12-14H2,1-2H3,(H,26,28,30). The Morgan fingerprint density at radius 2 is 2.18 bits per heavy atom. The van der Waals surface area contributed by atoms with Crippen molar-refractivity contribution in [3.8, 4) is 17.0 Å². The first-order chi connectivity index (χ1) is 16.6. The number of carbonyl (C=O) groups is 1. The highest BCUT2D eigenvalue weighted by atomic mass is 16.6. The van der Waals surface area contributed by atoms with Crippen LogP contribution in [0.4, 0.5) is 5.82 Å². The van der Waals surface area contributed by atoms with E-state index < -0.39 is 5.60 Å². The molecule has 0 saturated carbocycles. The van der Waals surface area contributed by atoms with Crippen LogP contribution in [0.3, 0.4) is 0 Å². The van der Waals surface area contributed by atoms with Crippen LogP contribution < -0.4 is 10.1 Å². The maximum Gasteiger partial charge on any atom is 0.225 e. The predicted octanol–water partition coefficient (Wildman–Crippen LogP) is 2.95. The van der Waals surface area contributed by atoms with E-state index in [4.69, 9.17) is 23.9 Å². The van der Waals surface area contributed by atoms with E-state index in [2.05, 4.69) is 10.3 Å². The first-order valence-corrected chi connectivity index (χ1v) is 11.8. The zero-order valence-electron chi connectivity index (χ0n) is 19.4. The van der Waals surface area contributed by atoms with Crippen LogP contribution in [-0.2, 0) is 38.1 Å². The summed E-state index contributed by atoms with van der Waals surface area (Å²) in [5.74, 6) is 1.29. The molecule has 34 heavy (non-hydrogen) atoms. The lowest BCUT2D eigenvalue weighted by atomic mass is 9.89. The third-order valence-corrected chi connectivity index (χ3v) is 6.87. The van der Waals surface area contributed by atoms with Crippen LogP contribution in [-0.4, -0.2) is 59.6 Å². The monoisotopic (exact) mass is 464 g/mol. The van der Waals surface area contributed by atoms with Gasteiger partial charge in [0.05, 0.1) is 49.5 Å². The van der Waals surface area contributed by atoms with Gasteiger partial charge in [0.2, 0.25) is 5.91 Å². The summed E-state index contributed by atoms with van der Waals surface area (Å²) in [5.41, 5.74) is 4.18. The fourth-order valence-electron chi connectivity index (χ4n) is 4.92. The van der Waals surface area contributed by atoms with Gasteiger partial charge in [0.1, 0.15) is 23.3 Å². The Bertz CT molecular complexity index is 1260. The van der Waals surface area contributed by atoms with Gasteiger partial charge in [0, 0.05) is 61.7 Å². The normalized spacial score (nSPS) is 22.1. The molecule has 3 aromatic heterocycles. The van der Waals surface area contributed by atoms with Crippen molar-refractivity contribution in [2.45, 2.75) is 37.9 Å². The third kappa shape index (κ3) is 3.55. The molecule has 9 nitrogen and oxygen atoms in total. The number of nitrogens with one attached hydrogen (secondary N) is 1. The smallest absolute Gasteiger partial charge is 0.225 e. The van der Waals surface area contributed by atoms with Gasteiger partial charge in [-0.1, -0.05) is 6.92 Å². The number of nitrogens with zero attached hydrogens (tertiary/aromatic N) is 3. The second-order valence-corrected chi connectivity index (χ2v) is 9.15. The zero-order chi connectivity index (χ0) is 23.3. The van der Waals surface area contributed by atoms with Crippen LogP contribution in [0.25, 0.3) is 22.2 Å². The van der Waals surface area contributed by atoms with E-state index in [0.717, 1.165) is 52.0 Å². The second-order valence-electron chi connectivity index (χ2n) is 9.15. The number of carbonyl (C=O) groups excluding carboxylic acids is 1. The summed E-state index contributed by atoms with van der Waals surface area (Å²) in [4.78, 5) is 21.5. The largest absolute Gasteiger partial charge is 0.485 e. The number of hydrogen-bond acceptors (Lipinski definition) is 7. The van der Waals surface area contributed by atoms with Crippen molar-refractivity contribution in [2.24, 2.45) is 7.05 Å². The summed E-state index contributed by atoms with van der Waals surface area (Å²) >= 11 is 0.